The van der Waals surface area contributed by atoms with E-state index < -0.39 is 18.6 Å². The largest absolute Gasteiger partial charge is 0.491 e. The summed E-state index contributed by atoms with van der Waals surface area (Å²) < 4.78 is 17.7. The number of hydrogen-bond acceptors (Lipinski definition) is 6. The van der Waals surface area contributed by atoms with Gasteiger partial charge in [0.2, 0.25) is 5.91 Å². The Hall–Kier alpha value is -3.77. The van der Waals surface area contributed by atoms with Gasteiger partial charge in [-0.1, -0.05) is 17.9 Å². The number of carbonyl (C=O) groups excluding carboxylic acids is 2. The summed E-state index contributed by atoms with van der Waals surface area (Å²) in [4.78, 5) is 44.2. The third kappa shape index (κ3) is 9.66. The van der Waals surface area contributed by atoms with Crippen LogP contribution in [0.5, 0.6) is 5.75 Å². The molecule has 2 N–H and O–H groups in total. The Bertz CT molecular complexity index is 1280. The van der Waals surface area contributed by atoms with E-state index in [1.807, 2.05) is 11.0 Å². The van der Waals surface area contributed by atoms with Gasteiger partial charge in [-0.05, 0) is 80.9 Å². The van der Waals surface area contributed by atoms with Crippen LogP contribution in [-0.2, 0) is 14.4 Å². The van der Waals surface area contributed by atoms with Crippen LogP contribution in [0.2, 0.25) is 0 Å². The minimum absolute atomic E-state index is 0.0151. The first kappa shape index (κ1) is 31.2. The van der Waals surface area contributed by atoms with Crippen molar-refractivity contribution >= 4 is 17.7 Å². The number of alkyl halides is 1. The zero-order chi connectivity index (χ0) is 29.7. The molecular formula is C33H40FN3O5. The number of amides is 1. The Morgan fingerprint density at radius 3 is 2.69 bits per heavy atom. The van der Waals surface area contributed by atoms with Crippen molar-refractivity contribution in [1.29, 1.82) is 0 Å². The fraction of sp³-hybridized carbons (Fsp3) is 0.515. The number of pyridine rings is 1. The third-order valence-electron chi connectivity index (χ3n) is 8.09. The highest BCUT2D eigenvalue weighted by molar-refractivity contribution is 5.84. The normalized spacial score (nSPS) is 18.0. The lowest BCUT2D eigenvalue weighted by Gasteiger charge is -2.33. The number of rotatable bonds is 12. The van der Waals surface area contributed by atoms with Crippen LogP contribution < -0.4 is 10.1 Å². The first-order valence-corrected chi connectivity index (χ1v) is 14.9. The molecule has 3 heterocycles. The maximum atomic E-state index is 13.4. The van der Waals surface area contributed by atoms with Crippen molar-refractivity contribution < 1.29 is 28.6 Å². The number of halogens is 1. The number of nitrogens with one attached hydrogen (secondary N) is 1. The lowest BCUT2D eigenvalue weighted by Crippen LogP contribution is -2.42. The van der Waals surface area contributed by atoms with E-state index in [1.54, 1.807) is 36.7 Å². The summed E-state index contributed by atoms with van der Waals surface area (Å²) in [6.07, 6.45) is 8.13. The molecule has 2 fully saturated rings. The average molecular weight is 578 g/mol. The highest BCUT2D eigenvalue weighted by Crippen LogP contribution is 2.29. The molecule has 8 nitrogen and oxygen atoms in total. The minimum atomic E-state index is -0.993. The van der Waals surface area contributed by atoms with E-state index in [1.165, 1.54) is 0 Å². The molecule has 2 aliphatic rings. The van der Waals surface area contributed by atoms with Crippen LogP contribution in [0.25, 0.3) is 0 Å². The van der Waals surface area contributed by atoms with Gasteiger partial charge >= 0.3 is 5.97 Å². The molecule has 4 rings (SSSR count). The van der Waals surface area contributed by atoms with Crippen LogP contribution in [0, 0.1) is 23.7 Å². The number of benzene rings is 1. The number of carbonyl (C=O) groups is 3. The fourth-order valence-electron chi connectivity index (χ4n) is 5.76. The number of carboxylic acids is 1. The third-order valence-corrected chi connectivity index (χ3v) is 8.09. The van der Waals surface area contributed by atoms with Crippen LogP contribution in [-0.4, -0.2) is 72.1 Å². The number of Topliss-reactive ketones (excluding diaryl/α,β-unsaturated/α-hetero) is 1. The molecule has 2 aliphatic heterocycles. The molecule has 0 bridgehead atoms. The summed E-state index contributed by atoms with van der Waals surface area (Å²) in [6, 6.07) is 8.81. The van der Waals surface area contributed by atoms with Crippen molar-refractivity contribution in [3.63, 3.8) is 0 Å². The first-order chi connectivity index (χ1) is 20.4. The second-order valence-electron chi connectivity index (χ2n) is 11.2. The fourth-order valence-corrected chi connectivity index (χ4v) is 5.76. The number of nitrogens with zero attached hydrogens (tertiary/aromatic N) is 2. The monoisotopic (exact) mass is 577 g/mol. The SMILES string of the molecule is O=C(O)C[C@H](CC(=O)[C@@H]1CCCN(C(=O)CCC2CCNCC2)C1)c1cncc(C#Cc2cccc(OCCF)c2)c1. The molecule has 224 valence electrons. The van der Waals surface area contributed by atoms with Gasteiger partial charge in [0.1, 0.15) is 24.8 Å². The number of likely N-dealkylation sites (tertiary alicyclic amines) is 1. The lowest BCUT2D eigenvalue weighted by atomic mass is 9.84. The van der Waals surface area contributed by atoms with Crippen molar-refractivity contribution in [2.75, 3.05) is 39.5 Å². The Morgan fingerprint density at radius 2 is 1.90 bits per heavy atom. The number of aromatic nitrogens is 1. The van der Waals surface area contributed by atoms with Gasteiger partial charge in [-0.2, -0.15) is 0 Å². The van der Waals surface area contributed by atoms with Crippen LogP contribution in [0.4, 0.5) is 4.39 Å². The molecule has 0 aliphatic carbocycles. The van der Waals surface area contributed by atoms with E-state index in [9.17, 15) is 23.9 Å². The number of ether oxygens (including phenoxy) is 1. The van der Waals surface area contributed by atoms with E-state index >= 15 is 0 Å². The van der Waals surface area contributed by atoms with Crippen molar-refractivity contribution in [3.05, 3.63) is 59.4 Å². The zero-order valence-corrected chi connectivity index (χ0v) is 24.0. The van der Waals surface area contributed by atoms with E-state index in [0.717, 1.165) is 38.8 Å². The number of ketones is 1. The van der Waals surface area contributed by atoms with Gasteiger partial charge in [-0.3, -0.25) is 19.4 Å². The molecule has 1 aromatic heterocycles. The number of hydrogen-bond donors (Lipinski definition) is 2. The highest BCUT2D eigenvalue weighted by Gasteiger charge is 2.31. The van der Waals surface area contributed by atoms with Gasteiger partial charge < -0.3 is 20.1 Å². The second kappa shape index (κ2) is 16.0. The minimum Gasteiger partial charge on any atom is -0.491 e. The molecular weight excluding hydrogens is 537 g/mol. The Balaban J connectivity index is 1.38. The van der Waals surface area contributed by atoms with Crippen molar-refractivity contribution in [2.45, 2.75) is 57.3 Å². The van der Waals surface area contributed by atoms with Crippen LogP contribution in [0.1, 0.15) is 74.0 Å². The summed E-state index contributed by atoms with van der Waals surface area (Å²) in [6.45, 7) is 2.48. The maximum Gasteiger partial charge on any atom is 0.303 e. The van der Waals surface area contributed by atoms with Crippen LogP contribution >= 0.6 is 0 Å². The van der Waals surface area contributed by atoms with Crippen molar-refractivity contribution in [1.82, 2.24) is 15.2 Å². The van der Waals surface area contributed by atoms with Gasteiger partial charge in [0, 0.05) is 61.3 Å². The van der Waals surface area contributed by atoms with E-state index in [0.29, 0.717) is 54.3 Å². The van der Waals surface area contributed by atoms with Gasteiger partial charge in [0.05, 0.1) is 6.42 Å². The molecule has 2 saturated heterocycles. The molecule has 0 spiro atoms. The predicted octanol–water partition coefficient (Wildman–Crippen LogP) is 4.37. The average Bonchev–Trinajstić information content (AvgIpc) is 3.02. The molecule has 2 atom stereocenters. The summed E-state index contributed by atoms with van der Waals surface area (Å²) in [7, 11) is 0. The molecule has 0 unspecified atom stereocenters. The van der Waals surface area contributed by atoms with Gasteiger partial charge in [-0.25, -0.2) is 4.39 Å². The summed E-state index contributed by atoms with van der Waals surface area (Å²) >= 11 is 0. The summed E-state index contributed by atoms with van der Waals surface area (Å²) in [5.41, 5.74) is 1.91. The molecule has 0 radical (unpaired) electrons. The number of carboxylic acid groups (broad SMARTS) is 1. The number of aliphatic carboxylic acids is 1. The summed E-state index contributed by atoms with van der Waals surface area (Å²) in [5, 5.41) is 13.0. The number of piperidine rings is 2. The van der Waals surface area contributed by atoms with E-state index in [-0.39, 0.29) is 37.1 Å². The van der Waals surface area contributed by atoms with Gasteiger partial charge in [0.25, 0.3) is 0 Å². The standard InChI is InChI=1S/C33H40FN3O5/c34-12-16-42-30-5-1-3-25(18-30)6-7-26-17-29(22-36-21-26)28(20-33(40)41)19-31(38)27-4-2-15-37(23-27)32(39)9-8-24-10-13-35-14-11-24/h1,3,5,17-18,21-22,24,27-28,35H,2,4,8-16,19-20,23H2,(H,40,41)/t27-,28+/m1/s1. The van der Waals surface area contributed by atoms with Gasteiger partial charge in [-0.15, -0.1) is 0 Å². The first-order valence-electron chi connectivity index (χ1n) is 14.9. The second-order valence-corrected chi connectivity index (χ2v) is 11.2. The molecule has 0 saturated carbocycles. The van der Waals surface area contributed by atoms with Gasteiger partial charge in [0.15, 0.2) is 0 Å². The Morgan fingerprint density at radius 1 is 1.10 bits per heavy atom. The highest BCUT2D eigenvalue weighted by atomic mass is 19.1. The van der Waals surface area contributed by atoms with Crippen LogP contribution in [0.15, 0.2) is 42.7 Å². The molecule has 9 heteroatoms. The Labute approximate surface area is 247 Å². The van der Waals surface area contributed by atoms with E-state index in [2.05, 4.69) is 22.1 Å². The maximum absolute atomic E-state index is 13.4. The van der Waals surface area contributed by atoms with Crippen molar-refractivity contribution in [2.24, 2.45) is 11.8 Å². The molecule has 42 heavy (non-hydrogen) atoms. The molecule has 1 aromatic carbocycles. The summed E-state index contributed by atoms with van der Waals surface area (Å²) in [5.74, 6) is 5.45. The van der Waals surface area contributed by atoms with E-state index in [4.69, 9.17) is 4.74 Å². The quantitative estimate of drug-likeness (QED) is 0.361. The zero-order valence-electron chi connectivity index (χ0n) is 24.0. The molecule has 2 aromatic rings. The lowest BCUT2D eigenvalue weighted by molar-refractivity contribution is -0.137. The van der Waals surface area contributed by atoms with Crippen LogP contribution in [0.3, 0.4) is 0 Å². The Kier molecular flexibility index (Phi) is 11.9. The predicted molar refractivity (Wildman–Crippen MR) is 157 cm³/mol. The van der Waals surface area contributed by atoms with Crippen molar-refractivity contribution in [3.8, 4) is 17.6 Å². The topological polar surface area (TPSA) is 109 Å². The smallest absolute Gasteiger partial charge is 0.303 e. The molecule has 1 amide bonds.